The molecule has 2 aliphatic carbocycles. The lowest BCUT2D eigenvalue weighted by atomic mass is 9.53. The number of piperidine rings is 1. The minimum atomic E-state index is -2.68. The first-order valence-corrected chi connectivity index (χ1v) is 7.41. The van der Waals surface area contributed by atoms with E-state index in [9.17, 15) is 6.48 Å². The highest BCUT2D eigenvalue weighted by Crippen LogP contribution is 2.62. The molecule has 1 spiro atoms. The average Bonchev–Trinajstić information content (AvgIpc) is 2.95. The van der Waals surface area contributed by atoms with Gasteiger partial charge in [0.15, 0.2) is 11.5 Å². The Hall–Kier alpha value is -1.52. The number of hydrogen-bond acceptors (Lipinski definition) is 4. The molecule has 22 heavy (non-hydrogen) atoms. The van der Waals surface area contributed by atoms with Gasteiger partial charge in [0.2, 0.25) is 0 Å². The standard InChI is InChI=1S/C18H21NO3/c1-19-8-7-18-11-4-5-13(20)17(18)22-16-14(21-2)6-3-10(15(16)18)9-12(11)19/h3-6,11-13,17,20H,7-9H2,1-2H3/t11-,12+,13?,17?,18-/m0/s1/i1D3,9D2,12D,13D. The molecule has 0 saturated carbocycles. The molecule has 0 amide bonds. The Bertz CT molecular complexity index is 946. The summed E-state index contributed by atoms with van der Waals surface area (Å²) in [5, 5.41) is 10.8. The summed E-state index contributed by atoms with van der Waals surface area (Å²) in [6.45, 7) is -2.77. The van der Waals surface area contributed by atoms with Crippen molar-refractivity contribution in [2.75, 3.05) is 20.6 Å². The molecule has 116 valence electrons. The predicted octanol–water partition coefficient (Wildman–Crippen LogP) is 1.50. The first kappa shape index (κ1) is 7.84. The van der Waals surface area contributed by atoms with Gasteiger partial charge in [0.05, 0.1) is 8.48 Å². The second-order valence-corrected chi connectivity index (χ2v) is 6.23. The molecule has 2 heterocycles. The van der Waals surface area contributed by atoms with Crippen LogP contribution in [0.1, 0.15) is 27.1 Å². The van der Waals surface area contributed by atoms with Gasteiger partial charge >= 0.3 is 0 Å². The zero-order chi connectivity index (χ0) is 21.2. The number of benzene rings is 1. The van der Waals surface area contributed by atoms with E-state index < -0.39 is 42.9 Å². The van der Waals surface area contributed by atoms with Crippen molar-refractivity contribution in [3.63, 3.8) is 0 Å². The minimum Gasteiger partial charge on any atom is -0.493 e. The van der Waals surface area contributed by atoms with Crippen molar-refractivity contribution in [1.82, 2.24) is 4.90 Å². The van der Waals surface area contributed by atoms with Gasteiger partial charge in [0.1, 0.15) is 12.2 Å². The molecular weight excluding hydrogens is 278 g/mol. The van der Waals surface area contributed by atoms with E-state index in [4.69, 9.17) is 17.7 Å². The molecule has 2 bridgehead atoms. The topological polar surface area (TPSA) is 41.9 Å². The normalized spacial score (nSPS) is 55.3. The van der Waals surface area contributed by atoms with Crippen LogP contribution >= 0.6 is 0 Å². The highest BCUT2D eigenvalue weighted by Gasteiger charge is 2.64. The SMILES string of the molecule is [2H]C1(O)C=C[C@@H]2[C@@]34CCN(C([2H])([2H])[2H])[C@]2([2H])C([2H])([2H])c2ccc(OC)c(c23)OC14. The third-order valence-corrected chi connectivity index (χ3v) is 5.39. The monoisotopic (exact) mass is 306 g/mol. The summed E-state index contributed by atoms with van der Waals surface area (Å²) in [6.07, 6.45) is -2.73. The molecule has 1 fully saturated rings. The predicted molar refractivity (Wildman–Crippen MR) is 82.5 cm³/mol. The van der Waals surface area contributed by atoms with E-state index in [0.717, 1.165) is 4.90 Å². The molecule has 2 aliphatic heterocycles. The number of ether oxygens (including phenoxy) is 2. The number of hydrogen-bond donors (Lipinski definition) is 1. The lowest BCUT2D eigenvalue weighted by Gasteiger charge is -2.56. The van der Waals surface area contributed by atoms with E-state index in [1.807, 2.05) is 0 Å². The van der Waals surface area contributed by atoms with Crippen molar-refractivity contribution >= 4 is 0 Å². The zero-order valence-corrected chi connectivity index (χ0v) is 12.1. The van der Waals surface area contributed by atoms with Crippen LogP contribution in [0.15, 0.2) is 24.3 Å². The summed E-state index contributed by atoms with van der Waals surface area (Å²) >= 11 is 0. The van der Waals surface area contributed by atoms with Crippen LogP contribution in [0, 0.1) is 5.92 Å². The summed E-state index contributed by atoms with van der Waals surface area (Å²) in [4.78, 5) is 0.941. The second-order valence-electron chi connectivity index (χ2n) is 6.23. The molecule has 1 N–H and O–H groups in total. The molecule has 5 atom stereocenters. The summed E-state index contributed by atoms with van der Waals surface area (Å²) in [5.74, 6) is -0.313. The molecule has 1 aromatic carbocycles. The Morgan fingerprint density at radius 3 is 3.27 bits per heavy atom. The zero-order valence-electron chi connectivity index (χ0n) is 19.1. The van der Waals surface area contributed by atoms with Gasteiger partial charge in [-0.25, -0.2) is 0 Å². The van der Waals surface area contributed by atoms with Crippen LogP contribution in [0.2, 0.25) is 0 Å². The Morgan fingerprint density at radius 1 is 1.55 bits per heavy atom. The number of nitrogens with zero attached hydrogens (tertiary/aromatic N) is 1. The number of likely N-dealkylation sites (N-methyl/N-ethyl adjacent to an activating group) is 1. The smallest absolute Gasteiger partial charge is 0.165 e. The van der Waals surface area contributed by atoms with Crippen LogP contribution in [0.5, 0.6) is 11.5 Å². The van der Waals surface area contributed by atoms with Crippen molar-refractivity contribution in [3.05, 3.63) is 35.4 Å². The van der Waals surface area contributed by atoms with Crippen molar-refractivity contribution in [2.24, 2.45) is 5.92 Å². The molecule has 5 rings (SSSR count). The maximum absolute atomic E-state index is 10.8. The number of aliphatic hydroxyl groups is 1. The van der Waals surface area contributed by atoms with Crippen LogP contribution in [0.4, 0.5) is 0 Å². The molecule has 2 unspecified atom stereocenters. The Kier molecular flexibility index (Phi) is 1.45. The van der Waals surface area contributed by atoms with Gasteiger partial charge in [-0.05, 0) is 37.9 Å². The van der Waals surface area contributed by atoms with Gasteiger partial charge in [-0.1, -0.05) is 18.2 Å². The highest BCUT2D eigenvalue weighted by molar-refractivity contribution is 5.62. The van der Waals surface area contributed by atoms with Gasteiger partial charge in [0, 0.05) is 31.1 Å². The van der Waals surface area contributed by atoms with Gasteiger partial charge in [-0.15, -0.1) is 0 Å². The molecule has 4 heteroatoms. The lowest BCUT2D eigenvalue weighted by molar-refractivity contribution is -0.0453. The van der Waals surface area contributed by atoms with E-state index in [0.29, 0.717) is 11.3 Å². The first-order valence-electron chi connectivity index (χ1n) is 10.9. The van der Waals surface area contributed by atoms with Gasteiger partial charge < -0.3 is 19.5 Å². The third kappa shape index (κ3) is 1.28. The van der Waals surface area contributed by atoms with Crippen molar-refractivity contribution in [1.29, 1.82) is 0 Å². The highest BCUT2D eigenvalue weighted by atomic mass is 16.5. The summed E-state index contributed by atoms with van der Waals surface area (Å²) in [6, 6.07) is 0.860. The number of methoxy groups -OCH3 is 1. The van der Waals surface area contributed by atoms with E-state index in [1.54, 1.807) is 0 Å². The van der Waals surface area contributed by atoms with Crippen molar-refractivity contribution in [3.8, 4) is 11.5 Å². The van der Waals surface area contributed by atoms with E-state index in [1.165, 1.54) is 31.4 Å². The Morgan fingerprint density at radius 2 is 2.45 bits per heavy atom. The Balaban J connectivity index is 1.91. The van der Waals surface area contributed by atoms with Crippen LogP contribution in [0.3, 0.4) is 0 Å². The number of likely N-dealkylation sites (tertiary alicyclic amines) is 1. The molecule has 0 aromatic heterocycles. The van der Waals surface area contributed by atoms with Crippen molar-refractivity contribution < 1.29 is 24.2 Å². The maximum Gasteiger partial charge on any atom is 0.165 e. The molecular formula is C18H21NO3. The molecule has 1 aromatic rings. The van der Waals surface area contributed by atoms with E-state index in [2.05, 4.69) is 0 Å². The quantitative estimate of drug-likeness (QED) is 0.799. The fourth-order valence-electron chi connectivity index (χ4n) is 4.47. The molecule has 4 aliphatic rings. The molecule has 4 nitrogen and oxygen atoms in total. The van der Waals surface area contributed by atoms with Crippen molar-refractivity contribution in [2.45, 2.75) is 36.4 Å². The molecule has 1 saturated heterocycles. The largest absolute Gasteiger partial charge is 0.493 e. The van der Waals surface area contributed by atoms with E-state index >= 15 is 0 Å². The van der Waals surface area contributed by atoms with Crippen LogP contribution in [-0.4, -0.2) is 48.8 Å². The van der Waals surface area contributed by atoms with Gasteiger partial charge in [0.25, 0.3) is 0 Å². The first-order chi connectivity index (χ1) is 13.3. The maximum atomic E-state index is 10.8. The lowest BCUT2D eigenvalue weighted by Crippen LogP contribution is -2.64. The summed E-state index contributed by atoms with van der Waals surface area (Å²) < 4.78 is 70.8. The van der Waals surface area contributed by atoms with Gasteiger partial charge in [-0.2, -0.15) is 0 Å². The minimum absolute atomic E-state index is 0.0874. The van der Waals surface area contributed by atoms with Crippen LogP contribution in [0.25, 0.3) is 0 Å². The second kappa shape index (κ2) is 4.06. The molecule has 0 radical (unpaired) electrons. The van der Waals surface area contributed by atoms with Crippen LogP contribution < -0.4 is 9.47 Å². The third-order valence-electron chi connectivity index (χ3n) is 5.39. The van der Waals surface area contributed by atoms with Gasteiger partial charge in [-0.3, -0.25) is 0 Å². The summed E-state index contributed by atoms with van der Waals surface area (Å²) in [5.41, 5.74) is -0.457. The fourth-order valence-corrected chi connectivity index (χ4v) is 4.47. The van der Waals surface area contributed by atoms with E-state index in [-0.39, 0.29) is 24.3 Å². The number of rotatable bonds is 1. The Labute approximate surface area is 140 Å². The fraction of sp³-hybridized carbons (Fsp3) is 0.556. The van der Waals surface area contributed by atoms with Crippen LogP contribution in [-0.2, 0) is 11.8 Å². The summed E-state index contributed by atoms with van der Waals surface area (Å²) in [7, 11) is 1.45. The average molecular weight is 306 g/mol.